The Morgan fingerprint density at radius 2 is 2.06 bits per heavy atom. The minimum atomic E-state index is 0.877. The number of aryl methyl sites for hydroxylation is 1. The van der Waals surface area contributed by atoms with Crippen LogP contribution in [-0.2, 0) is 0 Å². The van der Waals surface area contributed by atoms with Gasteiger partial charge in [0.25, 0.3) is 0 Å². The van der Waals surface area contributed by atoms with Crippen LogP contribution in [0.3, 0.4) is 0 Å². The van der Waals surface area contributed by atoms with E-state index in [1.54, 1.807) is 7.11 Å². The number of aromatic nitrogens is 2. The number of benzene rings is 1. The van der Waals surface area contributed by atoms with Crippen molar-refractivity contribution in [2.24, 2.45) is 0 Å². The first-order valence-corrected chi connectivity index (χ1v) is 6.11. The molecule has 2 heterocycles. The van der Waals surface area contributed by atoms with Crippen LogP contribution in [0.4, 0.5) is 0 Å². The lowest BCUT2D eigenvalue weighted by Crippen LogP contribution is -1.89. The summed E-state index contributed by atoms with van der Waals surface area (Å²) in [6.07, 6.45) is 2.00. The quantitative estimate of drug-likeness (QED) is 0.685. The highest BCUT2D eigenvalue weighted by Gasteiger charge is 2.10. The first-order chi connectivity index (χ1) is 8.22. The zero-order chi connectivity index (χ0) is 12.0. The van der Waals surface area contributed by atoms with Gasteiger partial charge in [-0.25, -0.2) is 4.98 Å². The highest BCUT2D eigenvalue weighted by molar-refractivity contribution is 9.10. The highest BCUT2D eigenvalue weighted by atomic mass is 79.9. The molecule has 0 fully saturated rings. The molecule has 17 heavy (non-hydrogen) atoms. The Kier molecular flexibility index (Phi) is 2.33. The van der Waals surface area contributed by atoms with Crippen molar-refractivity contribution in [1.82, 2.24) is 9.38 Å². The second-order valence-corrected chi connectivity index (χ2v) is 4.67. The number of halogens is 1. The Bertz CT molecular complexity index is 718. The lowest BCUT2D eigenvalue weighted by Gasteiger charge is -2.06. The van der Waals surface area contributed by atoms with E-state index in [2.05, 4.69) is 27.0 Å². The molecule has 3 aromatic rings. The van der Waals surface area contributed by atoms with E-state index in [1.165, 1.54) is 0 Å². The topological polar surface area (TPSA) is 26.5 Å². The van der Waals surface area contributed by atoms with Gasteiger partial charge in [-0.05, 0) is 35.0 Å². The minimum Gasteiger partial charge on any atom is -0.496 e. The van der Waals surface area contributed by atoms with Crippen molar-refractivity contribution in [3.05, 3.63) is 40.8 Å². The zero-order valence-electron chi connectivity index (χ0n) is 9.57. The molecule has 2 aromatic heterocycles. The van der Waals surface area contributed by atoms with Crippen molar-refractivity contribution in [3.63, 3.8) is 0 Å². The average molecular weight is 291 g/mol. The molecular weight excluding hydrogens is 280 g/mol. The van der Waals surface area contributed by atoms with E-state index in [0.29, 0.717) is 0 Å². The lowest BCUT2D eigenvalue weighted by molar-refractivity contribution is 0.420. The second kappa shape index (κ2) is 3.74. The summed E-state index contributed by atoms with van der Waals surface area (Å²) in [5, 5.41) is 2.18. The first-order valence-electron chi connectivity index (χ1n) is 5.32. The number of hydrogen-bond donors (Lipinski definition) is 0. The van der Waals surface area contributed by atoms with E-state index in [4.69, 9.17) is 4.74 Å². The Morgan fingerprint density at radius 3 is 2.82 bits per heavy atom. The molecule has 0 aliphatic heterocycles. The standard InChI is InChI=1S/C13H11BrN2O/c1-8-12(14)16-7-6-9-10(13(16)15-8)4-3-5-11(9)17-2/h3-7H,1-2H3. The van der Waals surface area contributed by atoms with Crippen molar-refractivity contribution < 1.29 is 4.74 Å². The van der Waals surface area contributed by atoms with Crippen molar-refractivity contribution >= 4 is 32.3 Å². The number of pyridine rings is 1. The molecule has 4 heteroatoms. The number of fused-ring (bicyclic) bond motifs is 3. The van der Waals surface area contributed by atoms with Crippen molar-refractivity contribution in [1.29, 1.82) is 0 Å². The normalized spacial score (nSPS) is 11.2. The van der Waals surface area contributed by atoms with Gasteiger partial charge in [0.05, 0.1) is 12.8 Å². The van der Waals surface area contributed by atoms with E-state index in [0.717, 1.165) is 32.5 Å². The van der Waals surface area contributed by atoms with Crippen LogP contribution in [0.2, 0.25) is 0 Å². The Balaban J connectivity index is 2.52. The van der Waals surface area contributed by atoms with Crippen LogP contribution < -0.4 is 4.74 Å². The number of ether oxygens (including phenoxy) is 1. The zero-order valence-corrected chi connectivity index (χ0v) is 11.2. The largest absolute Gasteiger partial charge is 0.496 e. The summed E-state index contributed by atoms with van der Waals surface area (Å²) >= 11 is 3.54. The third-order valence-electron chi connectivity index (χ3n) is 2.93. The maximum Gasteiger partial charge on any atom is 0.145 e. The summed E-state index contributed by atoms with van der Waals surface area (Å²) in [5.74, 6) is 0.877. The van der Waals surface area contributed by atoms with E-state index in [9.17, 15) is 0 Å². The van der Waals surface area contributed by atoms with Gasteiger partial charge in [0.15, 0.2) is 0 Å². The molecule has 0 unspecified atom stereocenters. The molecule has 0 radical (unpaired) electrons. The molecule has 3 nitrogen and oxygen atoms in total. The fourth-order valence-corrected chi connectivity index (χ4v) is 2.47. The summed E-state index contributed by atoms with van der Waals surface area (Å²) in [6, 6.07) is 8.06. The molecule has 0 amide bonds. The number of methoxy groups -OCH3 is 1. The van der Waals surface area contributed by atoms with Crippen LogP contribution in [0.25, 0.3) is 16.4 Å². The van der Waals surface area contributed by atoms with Crippen LogP contribution >= 0.6 is 15.9 Å². The van der Waals surface area contributed by atoms with Gasteiger partial charge >= 0.3 is 0 Å². The highest BCUT2D eigenvalue weighted by Crippen LogP contribution is 2.30. The Morgan fingerprint density at radius 1 is 1.24 bits per heavy atom. The van der Waals surface area contributed by atoms with E-state index in [-0.39, 0.29) is 0 Å². The van der Waals surface area contributed by atoms with Gasteiger partial charge in [-0.2, -0.15) is 0 Å². The molecular formula is C13H11BrN2O. The molecule has 0 bridgehead atoms. The monoisotopic (exact) mass is 290 g/mol. The Labute approximate surface area is 107 Å². The molecule has 1 aromatic carbocycles. The van der Waals surface area contributed by atoms with Crippen LogP contribution in [0, 0.1) is 6.92 Å². The number of nitrogens with zero attached hydrogens (tertiary/aromatic N) is 2. The van der Waals surface area contributed by atoms with Crippen LogP contribution in [0.5, 0.6) is 5.75 Å². The number of hydrogen-bond acceptors (Lipinski definition) is 2. The molecule has 0 spiro atoms. The first kappa shape index (κ1) is 10.6. The molecule has 0 N–H and O–H groups in total. The summed E-state index contributed by atoms with van der Waals surface area (Å²) < 4.78 is 8.40. The summed E-state index contributed by atoms with van der Waals surface area (Å²) in [4.78, 5) is 4.58. The van der Waals surface area contributed by atoms with E-state index < -0.39 is 0 Å². The predicted octanol–water partition coefficient (Wildman–Crippen LogP) is 3.57. The Hall–Kier alpha value is -1.55. The van der Waals surface area contributed by atoms with Gasteiger partial charge < -0.3 is 4.74 Å². The fourth-order valence-electron chi connectivity index (χ4n) is 2.09. The maximum atomic E-state index is 5.36. The second-order valence-electron chi connectivity index (χ2n) is 3.92. The number of imidazole rings is 1. The van der Waals surface area contributed by atoms with Gasteiger partial charge in [0, 0.05) is 17.0 Å². The molecule has 3 rings (SSSR count). The fraction of sp³-hybridized carbons (Fsp3) is 0.154. The maximum absolute atomic E-state index is 5.36. The van der Waals surface area contributed by atoms with Gasteiger partial charge in [-0.15, -0.1) is 0 Å². The molecule has 0 saturated heterocycles. The smallest absolute Gasteiger partial charge is 0.145 e. The van der Waals surface area contributed by atoms with Gasteiger partial charge in [-0.1, -0.05) is 12.1 Å². The van der Waals surface area contributed by atoms with Crippen molar-refractivity contribution in [3.8, 4) is 5.75 Å². The molecule has 0 atom stereocenters. The van der Waals surface area contributed by atoms with Gasteiger partial charge in [0.2, 0.25) is 0 Å². The third-order valence-corrected chi connectivity index (χ3v) is 3.88. The van der Waals surface area contributed by atoms with Crippen molar-refractivity contribution in [2.45, 2.75) is 6.92 Å². The van der Waals surface area contributed by atoms with E-state index >= 15 is 0 Å². The minimum absolute atomic E-state index is 0.877. The van der Waals surface area contributed by atoms with Crippen LogP contribution in [-0.4, -0.2) is 16.5 Å². The average Bonchev–Trinajstić information content (AvgIpc) is 2.65. The molecule has 86 valence electrons. The van der Waals surface area contributed by atoms with Crippen molar-refractivity contribution in [2.75, 3.05) is 7.11 Å². The van der Waals surface area contributed by atoms with Gasteiger partial charge in [-0.3, -0.25) is 4.40 Å². The predicted molar refractivity (Wildman–Crippen MR) is 71.7 cm³/mol. The summed E-state index contributed by atoms with van der Waals surface area (Å²) in [5.41, 5.74) is 1.94. The summed E-state index contributed by atoms with van der Waals surface area (Å²) in [7, 11) is 1.69. The van der Waals surface area contributed by atoms with Crippen LogP contribution in [0.15, 0.2) is 35.1 Å². The van der Waals surface area contributed by atoms with Gasteiger partial charge in [0.1, 0.15) is 16.0 Å². The van der Waals surface area contributed by atoms with Crippen LogP contribution in [0.1, 0.15) is 5.69 Å². The summed E-state index contributed by atoms with van der Waals surface area (Å²) in [6.45, 7) is 1.99. The van der Waals surface area contributed by atoms with E-state index in [1.807, 2.05) is 35.7 Å². The number of rotatable bonds is 1. The molecule has 0 aliphatic carbocycles. The molecule has 0 aliphatic rings. The lowest BCUT2D eigenvalue weighted by atomic mass is 10.1. The third kappa shape index (κ3) is 1.44. The molecule has 0 saturated carbocycles. The SMILES string of the molecule is COc1cccc2c1ccn1c(Br)c(C)nc21.